The van der Waals surface area contributed by atoms with Crippen molar-refractivity contribution in [1.82, 2.24) is 20.0 Å². The van der Waals surface area contributed by atoms with Gasteiger partial charge < -0.3 is 5.32 Å². The Balaban J connectivity index is 1.59. The molecule has 4 nitrogen and oxygen atoms in total. The van der Waals surface area contributed by atoms with E-state index in [0.29, 0.717) is 6.04 Å². The molecule has 1 N–H and O–H groups in total. The predicted molar refractivity (Wildman–Crippen MR) is 67.7 cm³/mol. The molecule has 1 aromatic rings. The predicted octanol–water partition coefficient (Wildman–Crippen LogP) is 1.14. The number of hydrogen-bond donors (Lipinski definition) is 1. The van der Waals surface area contributed by atoms with Crippen LogP contribution in [0.1, 0.15) is 31.2 Å². The summed E-state index contributed by atoms with van der Waals surface area (Å²) in [7, 11) is 1.99. The molecule has 1 atom stereocenters. The minimum atomic E-state index is 0.715. The first-order chi connectivity index (χ1) is 8.31. The van der Waals surface area contributed by atoms with Gasteiger partial charge in [-0.05, 0) is 32.2 Å². The van der Waals surface area contributed by atoms with Crippen molar-refractivity contribution >= 4 is 0 Å². The van der Waals surface area contributed by atoms with Crippen LogP contribution in [0.5, 0.6) is 0 Å². The van der Waals surface area contributed by atoms with E-state index in [2.05, 4.69) is 21.5 Å². The van der Waals surface area contributed by atoms with Gasteiger partial charge in [-0.1, -0.05) is 0 Å². The molecule has 0 unspecified atom stereocenters. The summed E-state index contributed by atoms with van der Waals surface area (Å²) in [6.45, 7) is 3.48. The normalized spacial score (nSPS) is 24.7. The van der Waals surface area contributed by atoms with E-state index in [9.17, 15) is 0 Å². The molecule has 4 heteroatoms. The van der Waals surface area contributed by atoms with E-state index in [1.807, 2.05) is 17.9 Å². The van der Waals surface area contributed by atoms with Crippen LogP contribution < -0.4 is 5.32 Å². The molecule has 0 aromatic carbocycles. The van der Waals surface area contributed by atoms with Crippen LogP contribution in [0, 0.1) is 0 Å². The van der Waals surface area contributed by atoms with Gasteiger partial charge in [0, 0.05) is 44.0 Å². The number of aryl methyl sites for hydroxylation is 1. The molecule has 1 aromatic heterocycles. The number of aromatic nitrogens is 2. The Kier molecular flexibility index (Phi) is 3.16. The molecule has 2 aliphatic rings. The van der Waals surface area contributed by atoms with E-state index in [0.717, 1.165) is 12.6 Å². The summed E-state index contributed by atoms with van der Waals surface area (Å²) < 4.78 is 1.90. The third-order valence-electron chi connectivity index (χ3n) is 3.82. The SMILES string of the molecule is Cn1cc(CN(C[C@H]2CCCN2)C2CC2)cn1. The zero-order valence-corrected chi connectivity index (χ0v) is 10.6. The maximum absolute atomic E-state index is 4.26. The highest BCUT2D eigenvalue weighted by Crippen LogP contribution is 2.29. The zero-order valence-electron chi connectivity index (χ0n) is 10.6. The smallest absolute Gasteiger partial charge is 0.0534 e. The first kappa shape index (κ1) is 11.2. The fourth-order valence-electron chi connectivity index (χ4n) is 2.77. The lowest BCUT2D eigenvalue weighted by Crippen LogP contribution is -2.38. The lowest BCUT2D eigenvalue weighted by atomic mass is 10.2. The molecule has 0 amide bonds. The Bertz CT molecular complexity index is 363. The van der Waals surface area contributed by atoms with Crippen molar-refractivity contribution in [3.05, 3.63) is 18.0 Å². The Morgan fingerprint density at radius 2 is 2.35 bits per heavy atom. The van der Waals surface area contributed by atoms with Gasteiger partial charge in [-0.2, -0.15) is 5.10 Å². The van der Waals surface area contributed by atoms with Crippen LogP contribution in [0.2, 0.25) is 0 Å². The third-order valence-corrected chi connectivity index (χ3v) is 3.82. The highest BCUT2D eigenvalue weighted by molar-refractivity contribution is 5.05. The van der Waals surface area contributed by atoms with Crippen molar-refractivity contribution in [2.24, 2.45) is 7.05 Å². The van der Waals surface area contributed by atoms with Gasteiger partial charge >= 0.3 is 0 Å². The fourth-order valence-corrected chi connectivity index (χ4v) is 2.77. The summed E-state index contributed by atoms with van der Waals surface area (Å²) in [4.78, 5) is 2.64. The second-order valence-corrected chi connectivity index (χ2v) is 5.48. The maximum atomic E-state index is 4.26. The number of nitrogens with zero attached hydrogens (tertiary/aromatic N) is 3. The zero-order chi connectivity index (χ0) is 11.7. The lowest BCUT2D eigenvalue weighted by molar-refractivity contribution is 0.231. The van der Waals surface area contributed by atoms with Gasteiger partial charge in [-0.3, -0.25) is 9.58 Å². The van der Waals surface area contributed by atoms with Crippen LogP contribution in [0.4, 0.5) is 0 Å². The van der Waals surface area contributed by atoms with Crippen molar-refractivity contribution in [3.8, 4) is 0 Å². The van der Waals surface area contributed by atoms with Crippen molar-refractivity contribution in [3.63, 3.8) is 0 Å². The first-order valence-corrected chi connectivity index (χ1v) is 6.76. The molecule has 1 saturated carbocycles. The Labute approximate surface area is 103 Å². The van der Waals surface area contributed by atoms with Crippen LogP contribution in [-0.2, 0) is 13.6 Å². The summed E-state index contributed by atoms with van der Waals surface area (Å²) in [5.41, 5.74) is 1.34. The maximum Gasteiger partial charge on any atom is 0.0534 e. The molecular formula is C13H22N4. The first-order valence-electron chi connectivity index (χ1n) is 6.76. The quantitative estimate of drug-likeness (QED) is 0.829. The number of rotatable bonds is 5. The lowest BCUT2D eigenvalue weighted by Gasteiger charge is -2.24. The fraction of sp³-hybridized carbons (Fsp3) is 0.769. The summed E-state index contributed by atoms with van der Waals surface area (Å²) >= 11 is 0. The van der Waals surface area contributed by atoms with Crippen molar-refractivity contribution < 1.29 is 0 Å². The molecule has 1 aliphatic carbocycles. The highest BCUT2D eigenvalue weighted by atomic mass is 15.3. The van der Waals surface area contributed by atoms with E-state index in [-0.39, 0.29) is 0 Å². The Hall–Kier alpha value is -0.870. The van der Waals surface area contributed by atoms with Crippen LogP contribution in [0.15, 0.2) is 12.4 Å². The summed E-state index contributed by atoms with van der Waals surface area (Å²) in [6, 6.07) is 1.55. The largest absolute Gasteiger partial charge is 0.313 e. The van der Waals surface area contributed by atoms with E-state index in [1.54, 1.807) is 0 Å². The molecule has 0 spiro atoms. The molecular weight excluding hydrogens is 212 g/mol. The molecule has 0 bridgehead atoms. The van der Waals surface area contributed by atoms with Gasteiger partial charge in [0.1, 0.15) is 0 Å². The molecule has 1 saturated heterocycles. The van der Waals surface area contributed by atoms with Gasteiger partial charge in [0.15, 0.2) is 0 Å². The van der Waals surface area contributed by atoms with Crippen molar-refractivity contribution in [2.45, 2.75) is 44.3 Å². The monoisotopic (exact) mass is 234 g/mol. The average molecular weight is 234 g/mol. The van der Waals surface area contributed by atoms with Gasteiger partial charge in [-0.25, -0.2) is 0 Å². The molecule has 94 valence electrons. The second kappa shape index (κ2) is 4.78. The summed E-state index contributed by atoms with van der Waals surface area (Å²) in [6.07, 6.45) is 9.58. The Morgan fingerprint density at radius 3 is 2.94 bits per heavy atom. The van der Waals surface area contributed by atoms with Gasteiger partial charge in [0.2, 0.25) is 0 Å². The van der Waals surface area contributed by atoms with Crippen molar-refractivity contribution in [1.29, 1.82) is 0 Å². The van der Waals surface area contributed by atoms with E-state index in [1.165, 1.54) is 44.3 Å². The van der Waals surface area contributed by atoms with Crippen molar-refractivity contribution in [2.75, 3.05) is 13.1 Å². The minimum Gasteiger partial charge on any atom is -0.313 e. The minimum absolute atomic E-state index is 0.715. The Morgan fingerprint density at radius 1 is 1.47 bits per heavy atom. The molecule has 2 fully saturated rings. The average Bonchev–Trinajstić information content (AvgIpc) is 2.89. The third kappa shape index (κ3) is 2.87. The molecule has 1 aliphatic heterocycles. The molecule has 3 rings (SSSR count). The van der Waals surface area contributed by atoms with Crippen LogP contribution >= 0.6 is 0 Å². The van der Waals surface area contributed by atoms with E-state index >= 15 is 0 Å². The highest BCUT2D eigenvalue weighted by Gasteiger charge is 2.31. The van der Waals surface area contributed by atoms with Gasteiger partial charge in [0.25, 0.3) is 0 Å². The molecule has 2 heterocycles. The second-order valence-electron chi connectivity index (χ2n) is 5.48. The van der Waals surface area contributed by atoms with Crippen LogP contribution in [-0.4, -0.2) is 39.9 Å². The van der Waals surface area contributed by atoms with Gasteiger partial charge in [-0.15, -0.1) is 0 Å². The van der Waals surface area contributed by atoms with E-state index < -0.39 is 0 Å². The van der Waals surface area contributed by atoms with E-state index in [4.69, 9.17) is 0 Å². The molecule has 17 heavy (non-hydrogen) atoms. The van der Waals surface area contributed by atoms with Gasteiger partial charge in [0.05, 0.1) is 6.20 Å². The number of hydrogen-bond acceptors (Lipinski definition) is 3. The molecule has 0 radical (unpaired) electrons. The van der Waals surface area contributed by atoms with Crippen LogP contribution in [0.25, 0.3) is 0 Å². The summed E-state index contributed by atoms with van der Waals surface area (Å²) in [5, 5.41) is 7.85. The van der Waals surface area contributed by atoms with Crippen LogP contribution in [0.3, 0.4) is 0 Å². The topological polar surface area (TPSA) is 33.1 Å². The summed E-state index contributed by atoms with van der Waals surface area (Å²) in [5.74, 6) is 0. The number of nitrogens with one attached hydrogen (secondary N) is 1. The standard InChI is InChI=1S/C13H22N4/c1-16-8-11(7-15-16)9-17(13-4-5-13)10-12-3-2-6-14-12/h7-8,12-14H,2-6,9-10H2,1H3/t12-/m1/s1.